The van der Waals surface area contributed by atoms with Crippen molar-refractivity contribution in [3.05, 3.63) is 216 Å². The van der Waals surface area contributed by atoms with Crippen LogP contribution in [0.2, 0.25) is 0 Å². The van der Waals surface area contributed by atoms with Gasteiger partial charge in [0, 0.05) is 44.9 Å². The fourth-order valence-electron chi connectivity index (χ4n) is 16.7. The van der Waals surface area contributed by atoms with Crippen molar-refractivity contribution in [2.75, 3.05) is 9.80 Å². The van der Waals surface area contributed by atoms with E-state index in [-0.39, 0.29) is 6.71 Å². The molecule has 0 bridgehead atoms. The van der Waals surface area contributed by atoms with Crippen molar-refractivity contribution in [1.82, 2.24) is 4.57 Å². The number of anilines is 6. The molecule has 0 spiro atoms. The maximum atomic E-state index is 2.72. The Morgan fingerprint density at radius 1 is 0.280 bits per heavy atom. The topological polar surface area (TPSA) is 11.4 Å². The van der Waals surface area contributed by atoms with Gasteiger partial charge >= 0.3 is 0 Å². The summed E-state index contributed by atoms with van der Waals surface area (Å²) in [6.07, 6.45) is 26.4. The molecule has 3 nitrogen and oxygen atoms in total. The zero-order valence-electron chi connectivity index (χ0n) is 47.8. The molecule has 9 aromatic carbocycles. The molecule has 82 heavy (non-hydrogen) atoms. The Morgan fingerprint density at radius 3 is 1.04 bits per heavy atom. The Balaban J connectivity index is 0.977. The Bertz CT molecular complexity index is 3710. The summed E-state index contributed by atoms with van der Waals surface area (Å²) in [6, 6.07) is 77.1. The lowest BCUT2D eigenvalue weighted by atomic mass is 9.33. The second-order valence-corrected chi connectivity index (χ2v) is 25.7. The normalized spacial score (nSPS) is 18.0. The van der Waals surface area contributed by atoms with Crippen LogP contribution in [0.5, 0.6) is 0 Å². The fraction of sp³-hybridized carbons (Fsp3) is 0.308. The summed E-state index contributed by atoms with van der Waals surface area (Å²) in [5.41, 5.74) is 26.7. The maximum absolute atomic E-state index is 2.72. The van der Waals surface area contributed by atoms with E-state index < -0.39 is 0 Å². The van der Waals surface area contributed by atoms with Crippen LogP contribution in [0.4, 0.5) is 34.1 Å². The average molecular weight is 1070 g/mol. The summed E-state index contributed by atoms with van der Waals surface area (Å²) < 4.78 is 2.61. The number of nitrogens with zero attached hydrogens (tertiary/aromatic N) is 3. The van der Waals surface area contributed by atoms with E-state index in [0.717, 1.165) is 0 Å². The van der Waals surface area contributed by atoms with E-state index in [1.165, 1.54) is 251 Å². The van der Waals surface area contributed by atoms with Crippen molar-refractivity contribution in [2.24, 2.45) is 0 Å². The third-order valence-electron chi connectivity index (χ3n) is 20.9. The van der Waals surface area contributed by atoms with Crippen molar-refractivity contribution >= 4 is 79.0 Å². The molecule has 0 N–H and O–H groups in total. The van der Waals surface area contributed by atoms with Crippen molar-refractivity contribution in [1.29, 1.82) is 0 Å². The molecule has 0 saturated heterocycles. The van der Waals surface area contributed by atoms with Crippen molar-refractivity contribution in [3.63, 3.8) is 0 Å². The van der Waals surface area contributed by atoms with Gasteiger partial charge in [-0.25, -0.2) is 0 Å². The summed E-state index contributed by atoms with van der Waals surface area (Å²) in [4.78, 5) is 5.41. The van der Waals surface area contributed by atoms with Gasteiger partial charge in [0.25, 0.3) is 6.71 Å². The molecule has 1 aromatic heterocycles. The first-order chi connectivity index (χ1) is 40.7. The van der Waals surface area contributed by atoms with Crippen LogP contribution < -0.4 is 26.2 Å². The molecule has 10 aromatic rings. The molecule has 0 amide bonds. The standard InChI is InChI=1S/C78H76BN3/c1-7-19-53(20-8-1)59-31-39-65(40-32-59)80-74-45-37-63(57-27-15-5-16-28-57)49-70(74)79-71-50-64(58-29-17-6-18-30-58)38-46-75(71)81(66-41-33-60(34-42-66)54-21-9-2-10-22-54)77-52-67(51-76(80)78(77)79)82-72-43-35-61(55-23-11-3-12-24-55)47-68(72)69-48-62(36-44-73(69)82)56-25-13-4-14-26-56/h3-4,11-14,23-26,31-54,57-58H,1-2,5-10,15-22,27-30H2. The van der Waals surface area contributed by atoms with E-state index in [1.807, 2.05) is 0 Å². The van der Waals surface area contributed by atoms with Crippen LogP contribution in [0.1, 0.15) is 174 Å². The van der Waals surface area contributed by atoms with Gasteiger partial charge in [-0.1, -0.05) is 198 Å². The van der Waals surface area contributed by atoms with Crippen LogP contribution >= 0.6 is 0 Å². The molecular weight excluding hydrogens is 990 g/mol. The van der Waals surface area contributed by atoms with Gasteiger partial charge in [-0.05, 0) is 209 Å². The lowest BCUT2D eigenvalue weighted by Crippen LogP contribution is -2.61. The summed E-state index contributed by atoms with van der Waals surface area (Å²) in [6.45, 7) is 0.0617. The van der Waals surface area contributed by atoms with Gasteiger partial charge in [-0.2, -0.15) is 0 Å². The average Bonchev–Trinajstić information content (AvgIpc) is 1.71. The highest BCUT2D eigenvalue weighted by Crippen LogP contribution is 2.49. The van der Waals surface area contributed by atoms with E-state index in [2.05, 4.69) is 208 Å². The highest BCUT2D eigenvalue weighted by Gasteiger charge is 2.45. The maximum Gasteiger partial charge on any atom is 0.252 e. The molecule has 0 atom stereocenters. The zero-order valence-corrected chi connectivity index (χ0v) is 47.8. The summed E-state index contributed by atoms with van der Waals surface area (Å²) >= 11 is 0. The van der Waals surface area contributed by atoms with Gasteiger partial charge < -0.3 is 14.4 Å². The Hall–Kier alpha value is -7.56. The quantitative estimate of drug-likeness (QED) is 0.134. The van der Waals surface area contributed by atoms with E-state index in [0.29, 0.717) is 23.7 Å². The van der Waals surface area contributed by atoms with Crippen molar-refractivity contribution < 1.29 is 0 Å². The minimum atomic E-state index is 0.0617. The number of hydrogen-bond donors (Lipinski definition) is 0. The van der Waals surface area contributed by atoms with Gasteiger partial charge in [0.15, 0.2) is 0 Å². The molecule has 6 aliphatic rings. The number of aromatic nitrogens is 1. The van der Waals surface area contributed by atoms with Crippen LogP contribution in [-0.4, -0.2) is 11.3 Å². The first kappa shape index (κ1) is 50.2. The fourth-order valence-corrected chi connectivity index (χ4v) is 16.7. The molecule has 2 aliphatic heterocycles. The van der Waals surface area contributed by atoms with E-state index >= 15 is 0 Å². The van der Waals surface area contributed by atoms with E-state index in [9.17, 15) is 0 Å². The predicted molar refractivity (Wildman–Crippen MR) is 349 cm³/mol. The monoisotopic (exact) mass is 1070 g/mol. The minimum Gasteiger partial charge on any atom is -0.311 e. The third kappa shape index (κ3) is 8.85. The molecule has 406 valence electrons. The minimum absolute atomic E-state index is 0.0617. The first-order valence-electron chi connectivity index (χ1n) is 32.1. The lowest BCUT2D eigenvalue weighted by Gasteiger charge is -2.45. The Labute approximate surface area is 487 Å². The number of benzene rings is 9. The second kappa shape index (κ2) is 21.3. The Kier molecular flexibility index (Phi) is 13.1. The molecule has 4 saturated carbocycles. The van der Waals surface area contributed by atoms with Crippen LogP contribution in [0.3, 0.4) is 0 Å². The van der Waals surface area contributed by atoms with Crippen LogP contribution in [-0.2, 0) is 0 Å². The predicted octanol–water partition coefficient (Wildman–Crippen LogP) is 20.4. The zero-order chi connectivity index (χ0) is 54.1. The van der Waals surface area contributed by atoms with Gasteiger partial charge in [-0.3, -0.25) is 0 Å². The molecule has 16 rings (SSSR count). The highest BCUT2D eigenvalue weighted by molar-refractivity contribution is 7.00. The van der Waals surface area contributed by atoms with Gasteiger partial charge in [0.2, 0.25) is 0 Å². The van der Waals surface area contributed by atoms with Gasteiger partial charge in [0.05, 0.1) is 16.7 Å². The molecule has 3 heterocycles. The van der Waals surface area contributed by atoms with Crippen LogP contribution in [0.25, 0.3) is 49.7 Å². The van der Waals surface area contributed by atoms with Crippen LogP contribution in [0.15, 0.2) is 194 Å². The molecule has 0 unspecified atom stereocenters. The third-order valence-corrected chi connectivity index (χ3v) is 20.9. The summed E-state index contributed by atoms with van der Waals surface area (Å²) in [5.74, 6) is 2.48. The Morgan fingerprint density at radius 2 is 0.646 bits per heavy atom. The van der Waals surface area contributed by atoms with Gasteiger partial charge in [0.1, 0.15) is 0 Å². The molecule has 4 fully saturated rings. The lowest BCUT2D eigenvalue weighted by molar-refractivity contribution is 0.443. The SMILES string of the molecule is c1ccc(-c2ccc3c(c2)c2cc(-c4ccccc4)ccc2n3-c2cc3c4c(c2)N(c2ccc(C5CCCCC5)cc2)c2ccc(C5CCCCC5)cc2B4c2cc(C4CCCCC4)ccc2N3c2ccc(C3CCCCC3)cc2)cc1. The summed E-state index contributed by atoms with van der Waals surface area (Å²) in [5, 5.41) is 2.54. The smallest absolute Gasteiger partial charge is 0.252 e. The van der Waals surface area contributed by atoms with E-state index in [1.54, 1.807) is 0 Å². The highest BCUT2D eigenvalue weighted by atomic mass is 15.2. The molecular formula is C78H76BN3. The van der Waals surface area contributed by atoms with Crippen molar-refractivity contribution in [3.8, 4) is 27.9 Å². The van der Waals surface area contributed by atoms with Gasteiger partial charge in [-0.15, -0.1) is 0 Å². The first-order valence-corrected chi connectivity index (χ1v) is 32.1. The molecule has 4 heteroatoms. The number of rotatable bonds is 9. The largest absolute Gasteiger partial charge is 0.311 e. The second-order valence-electron chi connectivity index (χ2n) is 25.7. The number of fused-ring (bicyclic) bond motifs is 7. The van der Waals surface area contributed by atoms with Crippen LogP contribution in [0, 0.1) is 0 Å². The van der Waals surface area contributed by atoms with Crippen molar-refractivity contribution in [2.45, 2.75) is 152 Å². The van der Waals surface area contributed by atoms with E-state index in [4.69, 9.17) is 0 Å². The molecule has 4 aliphatic carbocycles. The number of hydrogen-bond acceptors (Lipinski definition) is 2. The summed E-state index contributed by atoms with van der Waals surface area (Å²) in [7, 11) is 0. The molecule has 0 radical (unpaired) electrons.